The molecule has 142 valence electrons. The minimum Gasteiger partial charge on any atom is -0.469 e. The smallest absolute Gasteiger partial charge is 0.302 e. The number of ether oxygens (including phenoxy) is 1. The summed E-state index contributed by atoms with van der Waals surface area (Å²) >= 11 is 0. The van der Waals surface area contributed by atoms with Crippen LogP contribution in [0.1, 0.15) is 70.6 Å². The standard InChI is InChI=1S/C22H30O4/c1-13(24)26-19-10-15-16(12-23)14-6-9-25-18(14)11-17(15)22(4)8-5-7-21(2,3)20(19)22/h6,9,12,15-17,19-20H,5,7-8,10-11H2,1-4H3/t15-,16-,17-,19-,20-,22+/m0/s1. The third-order valence-corrected chi connectivity index (χ3v) is 7.80. The fraction of sp³-hybridized carbons (Fsp3) is 0.727. The van der Waals surface area contributed by atoms with Gasteiger partial charge in [0.05, 0.1) is 6.26 Å². The van der Waals surface area contributed by atoms with Gasteiger partial charge in [-0.25, -0.2) is 0 Å². The van der Waals surface area contributed by atoms with E-state index in [2.05, 4.69) is 20.8 Å². The lowest BCUT2D eigenvalue weighted by molar-refractivity contribution is -0.191. The maximum atomic E-state index is 12.0. The Morgan fingerprint density at radius 3 is 2.77 bits per heavy atom. The van der Waals surface area contributed by atoms with Gasteiger partial charge in [0.1, 0.15) is 18.2 Å². The second-order valence-electron chi connectivity index (χ2n) is 9.64. The van der Waals surface area contributed by atoms with Gasteiger partial charge >= 0.3 is 5.97 Å². The normalized spacial score (nSPS) is 40.7. The second kappa shape index (κ2) is 5.97. The predicted molar refractivity (Wildman–Crippen MR) is 97.6 cm³/mol. The summed E-state index contributed by atoms with van der Waals surface area (Å²) < 4.78 is 11.7. The molecule has 0 unspecified atom stereocenters. The molecule has 0 bridgehead atoms. The summed E-state index contributed by atoms with van der Waals surface area (Å²) in [5.74, 6) is 1.56. The van der Waals surface area contributed by atoms with Crippen molar-refractivity contribution in [3.63, 3.8) is 0 Å². The fourth-order valence-electron chi connectivity index (χ4n) is 7.06. The van der Waals surface area contributed by atoms with Gasteiger partial charge in [-0.2, -0.15) is 0 Å². The number of hydrogen-bond acceptors (Lipinski definition) is 4. The minimum atomic E-state index is -0.209. The van der Waals surface area contributed by atoms with Crippen LogP contribution in [0.15, 0.2) is 16.7 Å². The average Bonchev–Trinajstić information content (AvgIpc) is 3.00. The topological polar surface area (TPSA) is 56.5 Å². The zero-order chi connectivity index (χ0) is 18.7. The number of hydrogen-bond donors (Lipinski definition) is 0. The number of carbonyl (C=O) groups is 2. The van der Waals surface area contributed by atoms with Crippen molar-refractivity contribution < 1.29 is 18.7 Å². The molecule has 0 N–H and O–H groups in total. The monoisotopic (exact) mass is 358 g/mol. The van der Waals surface area contributed by atoms with Crippen LogP contribution in [0.3, 0.4) is 0 Å². The van der Waals surface area contributed by atoms with Gasteiger partial charge in [-0.05, 0) is 48.0 Å². The summed E-state index contributed by atoms with van der Waals surface area (Å²) in [5, 5.41) is 0. The Hall–Kier alpha value is -1.58. The molecule has 1 aromatic rings. The van der Waals surface area contributed by atoms with E-state index in [9.17, 15) is 9.59 Å². The first kappa shape index (κ1) is 17.8. The first-order chi connectivity index (χ1) is 12.3. The molecule has 3 aliphatic rings. The van der Waals surface area contributed by atoms with Gasteiger partial charge in [0.2, 0.25) is 0 Å². The van der Waals surface area contributed by atoms with Gasteiger partial charge in [-0.1, -0.05) is 27.2 Å². The third-order valence-electron chi connectivity index (χ3n) is 7.80. The van der Waals surface area contributed by atoms with Crippen LogP contribution in [0.2, 0.25) is 0 Å². The Kier molecular flexibility index (Phi) is 4.09. The molecular formula is C22H30O4. The molecule has 3 aliphatic carbocycles. The van der Waals surface area contributed by atoms with Gasteiger partial charge in [0.15, 0.2) is 0 Å². The first-order valence-corrected chi connectivity index (χ1v) is 9.96. The number of furan rings is 1. The highest BCUT2D eigenvalue weighted by Crippen LogP contribution is 2.65. The SMILES string of the molecule is CC(=O)O[C@H]1C[C@H]2[C@@H](C=O)c3ccoc3C[C@@H]2[C@@]2(C)CCCC(C)(C)[C@H]12. The van der Waals surface area contributed by atoms with E-state index in [0.717, 1.165) is 43.3 Å². The summed E-state index contributed by atoms with van der Waals surface area (Å²) in [5.41, 5.74) is 1.22. The number of fused-ring (bicyclic) bond motifs is 4. The van der Waals surface area contributed by atoms with Crippen molar-refractivity contribution in [1.29, 1.82) is 0 Å². The molecule has 4 rings (SSSR count). The van der Waals surface area contributed by atoms with Crippen molar-refractivity contribution in [2.24, 2.45) is 28.6 Å². The Balaban J connectivity index is 1.81. The van der Waals surface area contributed by atoms with E-state index in [1.165, 1.54) is 13.3 Å². The lowest BCUT2D eigenvalue weighted by Gasteiger charge is -2.62. The zero-order valence-electron chi connectivity index (χ0n) is 16.3. The molecule has 4 heteroatoms. The molecule has 2 fully saturated rings. The molecule has 0 radical (unpaired) electrons. The lowest BCUT2D eigenvalue weighted by Crippen LogP contribution is -2.60. The minimum absolute atomic E-state index is 0.0521. The molecule has 1 aromatic heterocycles. The first-order valence-electron chi connectivity index (χ1n) is 9.96. The predicted octanol–water partition coefficient (Wildman–Crippen LogP) is 4.52. The molecular weight excluding hydrogens is 328 g/mol. The van der Waals surface area contributed by atoms with Crippen LogP contribution in [-0.4, -0.2) is 18.4 Å². The van der Waals surface area contributed by atoms with Crippen LogP contribution in [-0.2, 0) is 20.7 Å². The van der Waals surface area contributed by atoms with Crippen molar-refractivity contribution in [1.82, 2.24) is 0 Å². The van der Waals surface area contributed by atoms with E-state index >= 15 is 0 Å². The van der Waals surface area contributed by atoms with Crippen LogP contribution in [0.4, 0.5) is 0 Å². The van der Waals surface area contributed by atoms with Crippen LogP contribution in [0.25, 0.3) is 0 Å². The Morgan fingerprint density at radius 1 is 1.31 bits per heavy atom. The summed E-state index contributed by atoms with van der Waals surface area (Å²) in [7, 11) is 0. The summed E-state index contributed by atoms with van der Waals surface area (Å²) in [4.78, 5) is 23.9. The third kappa shape index (κ3) is 2.48. The van der Waals surface area contributed by atoms with Gasteiger partial charge < -0.3 is 13.9 Å². The maximum absolute atomic E-state index is 12.0. The average molecular weight is 358 g/mol. The van der Waals surface area contributed by atoms with E-state index in [1.54, 1.807) is 6.26 Å². The zero-order valence-corrected chi connectivity index (χ0v) is 16.3. The maximum Gasteiger partial charge on any atom is 0.302 e. The molecule has 0 spiro atoms. The summed E-state index contributed by atoms with van der Waals surface area (Å²) in [6.45, 7) is 8.53. The molecule has 0 aliphatic heterocycles. The molecule has 6 atom stereocenters. The molecule has 1 heterocycles. The summed E-state index contributed by atoms with van der Waals surface area (Å²) in [6, 6.07) is 1.95. The quantitative estimate of drug-likeness (QED) is 0.576. The highest BCUT2D eigenvalue weighted by atomic mass is 16.5. The second-order valence-corrected chi connectivity index (χ2v) is 9.64. The van der Waals surface area contributed by atoms with E-state index in [1.807, 2.05) is 6.07 Å². The molecule has 0 saturated heterocycles. The highest BCUT2D eigenvalue weighted by Gasteiger charge is 2.61. The number of carbonyl (C=O) groups excluding carboxylic acids is 2. The summed E-state index contributed by atoms with van der Waals surface area (Å²) in [6.07, 6.45) is 7.85. The van der Waals surface area contributed by atoms with Crippen molar-refractivity contribution in [3.8, 4) is 0 Å². The van der Waals surface area contributed by atoms with Crippen LogP contribution < -0.4 is 0 Å². The van der Waals surface area contributed by atoms with Crippen molar-refractivity contribution in [3.05, 3.63) is 23.7 Å². The Labute approximate surface area is 155 Å². The van der Waals surface area contributed by atoms with Crippen LogP contribution in [0, 0.1) is 28.6 Å². The van der Waals surface area contributed by atoms with E-state index in [4.69, 9.17) is 9.15 Å². The van der Waals surface area contributed by atoms with E-state index in [-0.39, 0.29) is 34.7 Å². The van der Waals surface area contributed by atoms with Crippen LogP contribution in [0.5, 0.6) is 0 Å². The lowest BCUT2D eigenvalue weighted by atomic mass is 9.43. The molecule has 26 heavy (non-hydrogen) atoms. The van der Waals surface area contributed by atoms with Gasteiger partial charge in [-0.15, -0.1) is 0 Å². The van der Waals surface area contributed by atoms with Crippen molar-refractivity contribution >= 4 is 12.3 Å². The van der Waals surface area contributed by atoms with Crippen molar-refractivity contribution in [2.45, 2.75) is 71.8 Å². The highest BCUT2D eigenvalue weighted by molar-refractivity contribution is 5.66. The molecule has 2 saturated carbocycles. The number of rotatable bonds is 2. The fourth-order valence-corrected chi connectivity index (χ4v) is 7.06. The van der Waals surface area contributed by atoms with Gasteiger partial charge in [0, 0.05) is 30.7 Å². The molecule has 0 aromatic carbocycles. The van der Waals surface area contributed by atoms with Crippen molar-refractivity contribution in [2.75, 3.05) is 0 Å². The molecule has 4 nitrogen and oxygen atoms in total. The van der Waals surface area contributed by atoms with Gasteiger partial charge in [0.25, 0.3) is 0 Å². The van der Waals surface area contributed by atoms with Gasteiger partial charge in [-0.3, -0.25) is 4.79 Å². The Bertz CT molecular complexity index is 717. The number of aldehydes is 1. The number of esters is 1. The van der Waals surface area contributed by atoms with E-state index in [0.29, 0.717) is 11.8 Å². The van der Waals surface area contributed by atoms with E-state index < -0.39 is 0 Å². The Morgan fingerprint density at radius 2 is 2.08 bits per heavy atom. The largest absolute Gasteiger partial charge is 0.469 e. The molecule has 0 amide bonds. The van der Waals surface area contributed by atoms with Crippen LogP contribution >= 0.6 is 0 Å².